The molecule has 2 aliphatic rings. The summed E-state index contributed by atoms with van der Waals surface area (Å²) in [6, 6.07) is 17.6. The monoisotopic (exact) mass is 683 g/mol. The number of carbonyl (C=O) groups excluding carboxylic acids is 1. The number of nitrogens with zero attached hydrogens (tertiary/aromatic N) is 7. The van der Waals surface area contributed by atoms with E-state index in [1.54, 1.807) is 48.4 Å². The summed E-state index contributed by atoms with van der Waals surface area (Å²) in [6.07, 6.45) is 2.36. The molecule has 0 N–H and O–H groups in total. The third kappa shape index (κ3) is 5.65. The van der Waals surface area contributed by atoms with Crippen LogP contribution in [0.1, 0.15) is 35.7 Å². The van der Waals surface area contributed by atoms with E-state index in [1.165, 1.54) is 21.7 Å². The highest BCUT2D eigenvalue weighted by atomic mass is 32.2. The van der Waals surface area contributed by atoms with Gasteiger partial charge in [-0.3, -0.25) is 28.5 Å². The average molecular weight is 684 g/mol. The van der Waals surface area contributed by atoms with E-state index in [1.807, 2.05) is 37.3 Å². The fourth-order valence-electron chi connectivity index (χ4n) is 6.35. The van der Waals surface area contributed by atoms with Crippen molar-refractivity contribution in [1.29, 1.82) is 5.26 Å². The van der Waals surface area contributed by atoms with E-state index in [9.17, 15) is 24.0 Å². The largest absolute Gasteiger partial charge is 0.368 e. The molecule has 0 bridgehead atoms. The molecule has 13 heteroatoms. The zero-order chi connectivity index (χ0) is 34.3. The first-order chi connectivity index (χ1) is 23.1. The van der Waals surface area contributed by atoms with Gasteiger partial charge in [0.2, 0.25) is 0 Å². The van der Waals surface area contributed by atoms with Crippen LogP contribution in [0.4, 0.5) is 21.6 Å². The number of piperazine rings is 1. The maximum atomic E-state index is 14.1. The van der Waals surface area contributed by atoms with E-state index in [2.05, 4.69) is 15.9 Å². The van der Waals surface area contributed by atoms with Gasteiger partial charge in [-0.15, -0.1) is 0 Å². The molecule has 0 radical (unpaired) electrons. The van der Waals surface area contributed by atoms with Crippen molar-refractivity contribution >= 4 is 57.5 Å². The van der Waals surface area contributed by atoms with Crippen LogP contribution >= 0.6 is 24.0 Å². The minimum absolute atomic E-state index is 0.0172. The lowest BCUT2D eigenvalue weighted by Gasteiger charge is -2.39. The number of aromatic nitrogens is 3. The van der Waals surface area contributed by atoms with Gasteiger partial charge >= 0.3 is 0 Å². The molecule has 4 heterocycles. The van der Waals surface area contributed by atoms with E-state index in [0.717, 1.165) is 17.4 Å². The molecule has 0 spiro atoms. The number of nitriles is 1. The Labute approximate surface area is 286 Å². The predicted octanol–water partition coefficient (Wildman–Crippen LogP) is 5.11. The Balaban J connectivity index is 1.42. The van der Waals surface area contributed by atoms with Crippen LogP contribution in [0.15, 0.2) is 69.1 Å². The molecule has 0 aliphatic carbocycles. The smallest absolute Gasteiger partial charge is 0.296 e. The molecule has 0 saturated carbocycles. The molecule has 6 rings (SSSR count). The zero-order valence-electron chi connectivity index (χ0n) is 27.1. The Kier molecular flexibility index (Phi) is 9.13. The van der Waals surface area contributed by atoms with E-state index < -0.39 is 5.91 Å². The summed E-state index contributed by atoms with van der Waals surface area (Å²) in [7, 11) is 1.76. The molecule has 48 heavy (non-hydrogen) atoms. The third-order valence-corrected chi connectivity index (χ3v) is 10.2. The molecule has 2 aromatic heterocycles. The lowest BCUT2D eigenvalue weighted by Crippen LogP contribution is -2.48. The van der Waals surface area contributed by atoms with Gasteiger partial charge in [-0.25, -0.2) is 9.07 Å². The van der Waals surface area contributed by atoms with Crippen molar-refractivity contribution in [3.63, 3.8) is 0 Å². The number of amides is 1. The first-order valence-corrected chi connectivity index (χ1v) is 16.8. The second-order valence-electron chi connectivity index (χ2n) is 11.7. The van der Waals surface area contributed by atoms with Crippen molar-refractivity contribution in [3.8, 4) is 11.8 Å². The number of anilines is 3. The molecule has 2 saturated heterocycles. The van der Waals surface area contributed by atoms with Gasteiger partial charge in [-0.05, 0) is 68.3 Å². The molecule has 10 nitrogen and oxygen atoms in total. The molecular formula is C35H34FN7O3S2. The van der Waals surface area contributed by atoms with Gasteiger partial charge < -0.3 is 9.80 Å². The quantitative estimate of drug-likeness (QED) is 0.196. The van der Waals surface area contributed by atoms with Crippen LogP contribution in [0.5, 0.6) is 0 Å². The average Bonchev–Trinajstić information content (AvgIpc) is 3.48. The first kappa shape index (κ1) is 33.0. The van der Waals surface area contributed by atoms with Gasteiger partial charge in [0.1, 0.15) is 29.0 Å². The third-order valence-electron chi connectivity index (χ3n) is 8.88. The zero-order valence-corrected chi connectivity index (χ0v) is 28.7. The number of rotatable bonds is 7. The standard InChI is InChI=1S/C35H34FN7O3S2/c1-5-15-41-31(40-18-16-39(17-19-40)25-13-11-24(36)12-14-25)27(22(2)28(21-37)32(41)44)20-29-33(45)42(35(47)48-29)30-23(3)38(4)43(34(30)46)26-9-7-6-8-10-26/h6-14,20H,5,15-19H2,1-4H3/b29-20+. The summed E-state index contributed by atoms with van der Waals surface area (Å²) in [4.78, 5) is 47.5. The Morgan fingerprint density at radius 3 is 2.21 bits per heavy atom. The number of hydrogen-bond acceptors (Lipinski definition) is 8. The highest BCUT2D eigenvalue weighted by Crippen LogP contribution is 2.39. The first-order valence-electron chi connectivity index (χ1n) is 15.6. The highest BCUT2D eigenvalue weighted by Gasteiger charge is 2.38. The number of pyridine rings is 1. The summed E-state index contributed by atoms with van der Waals surface area (Å²) < 4.78 is 18.6. The maximum absolute atomic E-state index is 14.1. The minimum atomic E-state index is -0.450. The molecule has 246 valence electrons. The second-order valence-corrected chi connectivity index (χ2v) is 13.4. The number of thiocarbonyl (C=S) groups is 1. The Morgan fingerprint density at radius 1 is 0.938 bits per heavy atom. The summed E-state index contributed by atoms with van der Waals surface area (Å²) in [5.74, 6) is -0.118. The summed E-state index contributed by atoms with van der Waals surface area (Å²) in [5.41, 5.74) is 2.63. The summed E-state index contributed by atoms with van der Waals surface area (Å²) in [5, 5.41) is 10.1. The van der Waals surface area contributed by atoms with Gasteiger partial charge in [0.25, 0.3) is 17.0 Å². The van der Waals surface area contributed by atoms with Crippen LogP contribution in [0.3, 0.4) is 0 Å². The number of carbonyl (C=O) groups is 1. The molecule has 4 aromatic rings. The van der Waals surface area contributed by atoms with Crippen LogP contribution in [-0.4, -0.2) is 50.3 Å². The van der Waals surface area contributed by atoms with Crippen molar-refractivity contribution < 1.29 is 9.18 Å². The molecule has 2 fully saturated rings. The van der Waals surface area contributed by atoms with Crippen LogP contribution < -0.4 is 25.8 Å². The topological polar surface area (TPSA) is 99.5 Å². The number of halogens is 1. The van der Waals surface area contributed by atoms with E-state index in [0.29, 0.717) is 67.5 Å². The Morgan fingerprint density at radius 2 is 1.58 bits per heavy atom. The number of benzene rings is 2. The van der Waals surface area contributed by atoms with Crippen molar-refractivity contribution in [2.75, 3.05) is 40.9 Å². The van der Waals surface area contributed by atoms with Gasteiger partial charge in [0.05, 0.1) is 16.3 Å². The Bertz CT molecular complexity index is 2120. The maximum Gasteiger partial charge on any atom is 0.296 e. The molecule has 1 amide bonds. The van der Waals surface area contributed by atoms with E-state index in [-0.39, 0.29) is 37.4 Å². The lowest BCUT2D eigenvalue weighted by atomic mass is 10.0. The van der Waals surface area contributed by atoms with Gasteiger partial charge in [-0.1, -0.05) is 49.1 Å². The van der Waals surface area contributed by atoms with Crippen LogP contribution in [0.2, 0.25) is 0 Å². The van der Waals surface area contributed by atoms with Crippen molar-refractivity contribution in [2.45, 2.75) is 33.7 Å². The van der Waals surface area contributed by atoms with Crippen molar-refractivity contribution in [1.82, 2.24) is 13.9 Å². The fourth-order valence-corrected chi connectivity index (χ4v) is 7.60. The SMILES string of the molecule is CCCn1c(N2CCN(c3ccc(F)cc3)CC2)c(/C=C2/SC(=S)N(c3c(C)n(C)n(-c4ccccc4)c3=O)C2=O)c(C)c(C#N)c1=O. The predicted molar refractivity (Wildman–Crippen MR) is 193 cm³/mol. The van der Waals surface area contributed by atoms with E-state index in [4.69, 9.17) is 12.2 Å². The minimum Gasteiger partial charge on any atom is -0.368 e. The lowest BCUT2D eigenvalue weighted by molar-refractivity contribution is -0.113. The summed E-state index contributed by atoms with van der Waals surface area (Å²) >= 11 is 6.78. The fraction of sp³-hybridized carbons (Fsp3) is 0.286. The highest BCUT2D eigenvalue weighted by molar-refractivity contribution is 8.27. The van der Waals surface area contributed by atoms with Gasteiger partial charge in [-0.2, -0.15) is 5.26 Å². The second kappa shape index (κ2) is 13.3. The molecule has 2 aromatic carbocycles. The number of para-hydroxylation sites is 1. The Hall–Kier alpha value is -4.93. The van der Waals surface area contributed by atoms with E-state index >= 15 is 0 Å². The van der Waals surface area contributed by atoms with Gasteiger partial charge in [0.15, 0.2) is 4.32 Å². The molecule has 0 atom stereocenters. The number of thioether (sulfide) groups is 1. The van der Waals surface area contributed by atoms with Crippen LogP contribution in [0.25, 0.3) is 11.8 Å². The van der Waals surface area contributed by atoms with Crippen molar-refractivity contribution in [3.05, 3.63) is 108 Å². The van der Waals surface area contributed by atoms with Gasteiger partial charge in [0, 0.05) is 51.0 Å². The normalized spacial score (nSPS) is 15.9. The molecule has 0 unspecified atom stereocenters. The van der Waals surface area contributed by atoms with Crippen LogP contribution in [-0.2, 0) is 18.4 Å². The van der Waals surface area contributed by atoms with Crippen LogP contribution in [0, 0.1) is 31.0 Å². The van der Waals surface area contributed by atoms with Crippen molar-refractivity contribution in [2.24, 2.45) is 7.05 Å². The number of hydrogen-bond donors (Lipinski definition) is 0. The molecule has 2 aliphatic heterocycles. The molecular weight excluding hydrogens is 650 g/mol. The summed E-state index contributed by atoms with van der Waals surface area (Å²) in [6.45, 7) is 8.18.